The molecule has 2 aliphatic carbocycles. The number of carbonyl (C=O) groups is 1. The van der Waals surface area contributed by atoms with E-state index in [2.05, 4.69) is 72.8 Å². The minimum atomic E-state index is -4.63. The molecule has 2 saturated heterocycles. The zero-order valence-corrected chi connectivity index (χ0v) is 43.7. The van der Waals surface area contributed by atoms with Crippen molar-refractivity contribution < 1.29 is 45.9 Å². The molecule has 2 aromatic heterocycles. The lowest BCUT2D eigenvalue weighted by Crippen LogP contribution is -2.68. The number of nitro groups is 1. The van der Waals surface area contributed by atoms with Gasteiger partial charge in [-0.2, -0.15) is 13.2 Å². The van der Waals surface area contributed by atoms with Crippen LogP contribution in [0.1, 0.15) is 104 Å². The number of ether oxygens (including phenoxy) is 2. The summed E-state index contributed by atoms with van der Waals surface area (Å²) in [5.41, 5.74) is 2.80. The highest BCUT2D eigenvalue weighted by molar-refractivity contribution is 7.90. The van der Waals surface area contributed by atoms with Crippen LogP contribution >= 0.6 is 0 Å². The summed E-state index contributed by atoms with van der Waals surface area (Å²) >= 11 is 0. The average molecular weight is 1070 g/mol. The molecule has 4 aromatic carbocycles. The van der Waals surface area contributed by atoms with Gasteiger partial charge < -0.3 is 29.8 Å². The molecule has 402 valence electrons. The minimum Gasteiger partial charge on any atom is -0.496 e. The number of benzene rings is 4. The molecule has 4 fully saturated rings. The Morgan fingerprint density at radius 3 is 2.47 bits per heavy atom. The average Bonchev–Trinajstić information content (AvgIpc) is 3.87. The number of piperazine rings is 1. The third kappa shape index (κ3) is 11.1. The van der Waals surface area contributed by atoms with E-state index in [1.54, 1.807) is 31.3 Å². The number of alkyl halides is 3. The van der Waals surface area contributed by atoms with E-state index in [1.165, 1.54) is 54.8 Å². The molecule has 76 heavy (non-hydrogen) atoms. The van der Waals surface area contributed by atoms with Crippen LogP contribution in [0.15, 0.2) is 108 Å². The number of aromatic nitrogens is 2. The van der Waals surface area contributed by atoms with Crippen LogP contribution in [0.25, 0.3) is 11.0 Å². The zero-order valence-electron chi connectivity index (χ0n) is 42.9. The number of nitrogens with one attached hydrogen (secondary N) is 3. The van der Waals surface area contributed by atoms with Gasteiger partial charge in [-0.05, 0) is 123 Å². The monoisotopic (exact) mass is 1060 g/mol. The standard InChI is InChI=1S/C56H63F3N8O8S/c1-35(2)43-7-5-6-8-44(43)49-32-64(31-37-9-13-46(56(57,58)59)51(23-37)74-4)21-22-66(49)40-27-55(28-40)33-65(34-55)39-10-12-45(50(25-39)75-41-24-38-17-20-60-52(38)62-30-41)53(68)63-76(72,73)42-11-14-47(48(26-42)67(70)71)61-29-36-15-18-54(3,69)19-16-36/h5-14,17,20,23-26,30,35-36,40,49,61,69H,15-16,18-19,21-22,27-29,31-34H2,1-4H3,(H,60,62)(H,63,68)/t36?,49-,54?/m0/s1. The van der Waals surface area contributed by atoms with Crippen LogP contribution in [-0.2, 0) is 22.7 Å². The molecule has 4 N–H and O–H groups in total. The molecular formula is C56H63F3N8O8S. The second-order valence-electron chi connectivity index (χ2n) is 21.8. The first-order valence-electron chi connectivity index (χ1n) is 25.8. The van der Waals surface area contributed by atoms with Gasteiger partial charge >= 0.3 is 6.18 Å². The fourth-order valence-electron chi connectivity index (χ4n) is 11.8. The molecule has 0 bridgehead atoms. The molecule has 1 atom stereocenters. The lowest BCUT2D eigenvalue weighted by molar-refractivity contribution is -0.384. The number of nitro benzene ring substituents is 1. The number of hydrogen-bond donors (Lipinski definition) is 4. The van der Waals surface area contributed by atoms with Crippen LogP contribution in [-0.4, -0.2) is 102 Å². The summed E-state index contributed by atoms with van der Waals surface area (Å²) in [5.74, 6) is -0.322. The number of aliphatic hydroxyl groups is 1. The molecule has 0 radical (unpaired) electrons. The molecule has 1 spiro atoms. The fraction of sp³-hybridized carbons (Fsp3) is 0.429. The molecule has 16 nitrogen and oxygen atoms in total. The van der Waals surface area contributed by atoms with Crippen molar-refractivity contribution in [3.63, 3.8) is 0 Å². The minimum absolute atomic E-state index is 0.0424. The number of methoxy groups -OCH3 is 1. The van der Waals surface area contributed by atoms with E-state index in [4.69, 9.17) is 9.47 Å². The number of aromatic amines is 1. The van der Waals surface area contributed by atoms with Gasteiger partial charge in [-0.1, -0.05) is 44.2 Å². The van der Waals surface area contributed by atoms with Gasteiger partial charge in [0.25, 0.3) is 21.6 Å². The van der Waals surface area contributed by atoms with Crippen LogP contribution in [0.3, 0.4) is 0 Å². The molecule has 1 amide bonds. The van der Waals surface area contributed by atoms with Crippen LogP contribution < -0.4 is 24.4 Å². The first-order chi connectivity index (χ1) is 36.2. The van der Waals surface area contributed by atoms with Gasteiger partial charge in [0.15, 0.2) is 0 Å². The largest absolute Gasteiger partial charge is 0.496 e. The first-order valence-corrected chi connectivity index (χ1v) is 27.3. The summed E-state index contributed by atoms with van der Waals surface area (Å²) in [5, 5.41) is 26.4. The number of hydrogen-bond acceptors (Lipinski definition) is 13. The number of amides is 1. The van der Waals surface area contributed by atoms with Crippen molar-refractivity contribution in [1.29, 1.82) is 0 Å². The van der Waals surface area contributed by atoms with E-state index >= 15 is 0 Å². The van der Waals surface area contributed by atoms with Gasteiger partial charge in [-0.3, -0.25) is 24.7 Å². The van der Waals surface area contributed by atoms with E-state index in [-0.39, 0.29) is 46.0 Å². The van der Waals surface area contributed by atoms with Gasteiger partial charge in [0.1, 0.15) is 28.6 Å². The van der Waals surface area contributed by atoms with E-state index in [0.29, 0.717) is 49.9 Å². The maximum atomic E-state index is 14.1. The maximum absolute atomic E-state index is 14.1. The Hall–Kier alpha value is -6.74. The number of nitrogens with zero attached hydrogens (tertiary/aromatic N) is 5. The van der Waals surface area contributed by atoms with Crippen LogP contribution in [0.4, 0.5) is 30.2 Å². The fourth-order valence-corrected chi connectivity index (χ4v) is 12.8. The van der Waals surface area contributed by atoms with Crippen molar-refractivity contribution in [2.45, 2.75) is 101 Å². The van der Waals surface area contributed by atoms with E-state index < -0.39 is 48.8 Å². The Balaban J connectivity index is 0.840. The number of H-pyrrole nitrogens is 1. The van der Waals surface area contributed by atoms with Crippen molar-refractivity contribution in [3.05, 3.63) is 141 Å². The van der Waals surface area contributed by atoms with Crippen LogP contribution in [0.5, 0.6) is 17.2 Å². The van der Waals surface area contributed by atoms with E-state index in [0.717, 1.165) is 80.6 Å². The Morgan fingerprint density at radius 1 is 0.987 bits per heavy atom. The SMILES string of the molecule is COc1cc(CN2CCN(C3CC4(C3)CN(c3ccc(C(=O)NS(=O)(=O)c5ccc(NCC6CCC(C)(O)CC6)c([N+](=O)[O-])c5)c(Oc5cnc6[nH]ccc6c5)c3)C4)[C@H](c3ccccc3C(C)C)C2)ccc1C(F)(F)F. The highest BCUT2D eigenvalue weighted by Gasteiger charge is 2.55. The predicted molar refractivity (Wildman–Crippen MR) is 282 cm³/mol. The lowest BCUT2D eigenvalue weighted by atomic mass is 9.59. The number of fused-ring (bicyclic) bond motifs is 1. The number of sulfonamides is 1. The van der Waals surface area contributed by atoms with Gasteiger partial charge in [0.05, 0.1) is 39.9 Å². The quantitative estimate of drug-likeness (QED) is 0.0529. The first kappa shape index (κ1) is 52.7. The predicted octanol–water partition coefficient (Wildman–Crippen LogP) is 10.4. The highest BCUT2D eigenvalue weighted by atomic mass is 32.2. The normalized spacial score (nSPS) is 21.3. The lowest BCUT2D eigenvalue weighted by Gasteiger charge is -2.63. The van der Waals surface area contributed by atoms with Gasteiger partial charge in [-0.25, -0.2) is 18.1 Å². The topological polar surface area (TPSA) is 195 Å². The van der Waals surface area contributed by atoms with E-state index in [1.807, 2.05) is 6.07 Å². The third-order valence-electron chi connectivity index (χ3n) is 16.0. The number of halogens is 3. The third-order valence-corrected chi connectivity index (χ3v) is 17.3. The van der Waals surface area contributed by atoms with Crippen molar-refractivity contribution >= 4 is 44.0 Å². The maximum Gasteiger partial charge on any atom is 0.419 e. The zero-order chi connectivity index (χ0) is 53.7. The molecule has 2 saturated carbocycles. The number of rotatable bonds is 16. The Bertz CT molecular complexity index is 3250. The Morgan fingerprint density at radius 2 is 1.75 bits per heavy atom. The van der Waals surface area contributed by atoms with Crippen LogP contribution in [0, 0.1) is 21.4 Å². The van der Waals surface area contributed by atoms with Crippen molar-refractivity contribution in [2.24, 2.45) is 11.3 Å². The Kier molecular flexibility index (Phi) is 14.3. The summed E-state index contributed by atoms with van der Waals surface area (Å²) in [6.07, 6.45) is 3.36. The molecule has 4 aliphatic rings. The summed E-state index contributed by atoms with van der Waals surface area (Å²) in [4.78, 5) is 39.8. The number of carbonyl (C=O) groups excluding carboxylic acids is 1. The molecule has 0 unspecified atom stereocenters. The molecule has 6 aromatic rings. The second-order valence-corrected chi connectivity index (χ2v) is 23.5. The summed E-state index contributed by atoms with van der Waals surface area (Å²) in [6, 6.07) is 25.1. The summed E-state index contributed by atoms with van der Waals surface area (Å²) in [7, 11) is -3.37. The molecule has 4 heterocycles. The van der Waals surface area contributed by atoms with Crippen LogP contribution in [0.2, 0.25) is 0 Å². The molecular weight excluding hydrogens is 1000 g/mol. The van der Waals surface area contributed by atoms with Gasteiger partial charge in [-0.15, -0.1) is 0 Å². The van der Waals surface area contributed by atoms with E-state index in [9.17, 15) is 41.6 Å². The number of pyridine rings is 1. The second kappa shape index (κ2) is 20.7. The highest BCUT2D eigenvalue weighted by Crippen LogP contribution is 2.54. The summed E-state index contributed by atoms with van der Waals surface area (Å²) in [6.45, 7) is 10.8. The summed E-state index contributed by atoms with van der Waals surface area (Å²) < 4.78 is 82.4. The molecule has 10 rings (SSSR count). The number of anilines is 2. The van der Waals surface area contributed by atoms with Crippen molar-refractivity contribution in [3.8, 4) is 17.2 Å². The van der Waals surface area contributed by atoms with Crippen molar-refractivity contribution in [1.82, 2.24) is 24.5 Å². The van der Waals surface area contributed by atoms with Gasteiger partial charge in [0, 0.05) is 92.7 Å². The Labute approximate surface area is 439 Å². The van der Waals surface area contributed by atoms with Crippen molar-refractivity contribution in [2.75, 3.05) is 56.6 Å². The van der Waals surface area contributed by atoms with Gasteiger partial charge in [0.2, 0.25) is 0 Å². The molecule has 20 heteroatoms. The smallest absolute Gasteiger partial charge is 0.419 e. The molecule has 2 aliphatic heterocycles.